The van der Waals surface area contributed by atoms with Gasteiger partial charge in [0, 0.05) is 11.6 Å². The van der Waals surface area contributed by atoms with Gasteiger partial charge < -0.3 is 0 Å². The van der Waals surface area contributed by atoms with Crippen molar-refractivity contribution in [1.29, 1.82) is 0 Å². The summed E-state index contributed by atoms with van der Waals surface area (Å²) in [6.07, 6.45) is 5.98. The lowest BCUT2D eigenvalue weighted by atomic mass is 9.99. The first-order valence-corrected chi connectivity index (χ1v) is 5.52. The van der Waals surface area contributed by atoms with Gasteiger partial charge in [0.25, 0.3) is 0 Å². The zero-order valence-corrected chi connectivity index (χ0v) is 8.21. The van der Waals surface area contributed by atoms with Gasteiger partial charge in [0.2, 0.25) is 0 Å². The number of hydrogen-bond donors (Lipinski definition) is 0. The Kier molecular flexibility index (Phi) is 1.27. The fourth-order valence-corrected chi connectivity index (χ4v) is 3.49. The standard InChI is InChI=1S/C11H19N/c1-8(2)11-7-9(11)5-6-12(11)10-3-4-10/h8-10H,3-7H2,1-2H3. The lowest BCUT2D eigenvalue weighted by Gasteiger charge is -2.31. The summed E-state index contributed by atoms with van der Waals surface area (Å²) in [6.45, 7) is 6.24. The third-order valence-corrected chi connectivity index (χ3v) is 4.36. The van der Waals surface area contributed by atoms with Crippen LogP contribution in [0, 0.1) is 11.8 Å². The normalized spacial score (nSPS) is 46.8. The highest BCUT2D eigenvalue weighted by Gasteiger charge is 2.65. The molecule has 12 heavy (non-hydrogen) atoms. The van der Waals surface area contributed by atoms with Gasteiger partial charge in [-0.2, -0.15) is 0 Å². The fraction of sp³-hybridized carbons (Fsp3) is 1.00. The molecule has 0 radical (unpaired) electrons. The van der Waals surface area contributed by atoms with E-state index in [0.717, 1.165) is 17.9 Å². The van der Waals surface area contributed by atoms with E-state index in [9.17, 15) is 0 Å². The Labute approximate surface area is 75.1 Å². The average Bonchev–Trinajstić information content (AvgIpc) is 2.91. The Balaban J connectivity index is 1.84. The second-order valence-electron chi connectivity index (χ2n) is 5.26. The van der Waals surface area contributed by atoms with Crippen LogP contribution in [-0.4, -0.2) is 23.0 Å². The number of hydrogen-bond acceptors (Lipinski definition) is 1. The molecule has 1 aliphatic heterocycles. The van der Waals surface area contributed by atoms with E-state index in [4.69, 9.17) is 0 Å². The summed E-state index contributed by atoms with van der Waals surface area (Å²) in [5.74, 6) is 1.98. The minimum Gasteiger partial charge on any atom is -0.294 e. The Hall–Kier alpha value is -0.0400. The molecular formula is C11H19N. The summed E-state index contributed by atoms with van der Waals surface area (Å²) in [4.78, 5) is 2.85. The molecular weight excluding hydrogens is 146 g/mol. The summed E-state index contributed by atoms with van der Waals surface area (Å²) in [5, 5.41) is 0. The molecule has 0 amide bonds. The van der Waals surface area contributed by atoms with Gasteiger partial charge in [-0.1, -0.05) is 13.8 Å². The first-order chi connectivity index (χ1) is 5.75. The molecule has 2 saturated carbocycles. The van der Waals surface area contributed by atoms with E-state index in [-0.39, 0.29) is 0 Å². The maximum absolute atomic E-state index is 2.85. The van der Waals surface area contributed by atoms with Crippen LogP contribution in [0.1, 0.15) is 39.5 Å². The van der Waals surface area contributed by atoms with Crippen molar-refractivity contribution in [2.75, 3.05) is 6.54 Å². The highest BCUT2D eigenvalue weighted by atomic mass is 15.3. The van der Waals surface area contributed by atoms with Crippen molar-refractivity contribution in [1.82, 2.24) is 4.90 Å². The van der Waals surface area contributed by atoms with E-state index in [2.05, 4.69) is 18.7 Å². The molecule has 3 aliphatic rings. The lowest BCUT2D eigenvalue weighted by Crippen LogP contribution is -2.40. The topological polar surface area (TPSA) is 3.24 Å². The Bertz CT molecular complexity index is 203. The van der Waals surface area contributed by atoms with Crippen molar-refractivity contribution in [2.45, 2.75) is 51.1 Å². The second-order valence-corrected chi connectivity index (χ2v) is 5.26. The molecule has 1 saturated heterocycles. The predicted octanol–water partition coefficient (Wildman–Crippen LogP) is 2.27. The van der Waals surface area contributed by atoms with Gasteiger partial charge in [-0.05, 0) is 44.1 Å². The van der Waals surface area contributed by atoms with E-state index < -0.39 is 0 Å². The van der Waals surface area contributed by atoms with Crippen molar-refractivity contribution in [2.24, 2.45) is 11.8 Å². The third kappa shape index (κ3) is 0.736. The molecule has 0 aromatic rings. The van der Waals surface area contributed by atoms with Crippen LogP contribution in [0.5, 0.6) is 0 Å². The van der Waals surface area contributed by atoms with Crippen LogP contribution in [0.2, 0.25) is 0 Å². The van der Waals surface area contributed by atoms with E-state index in [0.29, 0.717) is 5.54 Å². The van der Waals surface area contributed by atoms with Crippen LogP contribution >= 0.6 is 0 Å². The van der Waals surface area contributed by atoms with Gasteiger partial charge in [0.15, 0.2) is 0 Å². The monoisotopic (exact) mass is 165 g/mol. The van der Waals surface area contributed by atoms with Crippen molar-refractivity contribution >= 4 is 0 Å². The van der Waals surface area contributed by atoms with Gasteiger partial charge >= 0.3 is 0 Å². The molecule has 68 valence electrons. The maximum atomic E-state index is 2.85. The van der Waals surface area contributed by atoms with Crippen LogP contribution in [0.3, 0.4) is 0 Å². The smallest absolute Gasteiger partial charge is 0.0268 e. The van der Waals surface area contributed by atoms with Gasteiger partial charge in [0.1, 0.15) is 0 Å². The molecule has 0 bridgehead atoms. The summed E-state index contributed by atoms with van der Waals surface area (Å²) in [6, 6.07) is 1.000. The largest absolute Gasteiger partial charge is 0.294 e. The summed E-state index contributed by atoms with van der Waals surface area (Å²) in [5.41, 5.74) is 0.696. The number of likely N-dealkylation sites (tertiary alicyclic amines) is 1. The molecule has 1 heteroatoms. The summed E-state index contributed by atoms with van der Waals surface area (Å²) < 4.78 is 0. The molecule has 3 fully saturated rings. The van der Waals surface area contributed by atoms with Gasteiger partial charge in [-0.15, -0.1) is 0 Å². The van der Waals surface area contributed by atoms with Crippen molar-refractivity contribution in [3.63, 3.8) is 0 Å². The van der Waals surface area contributed by atoms with E-state index in [1.807, 2.05) is 0 Å². The Morgan fingerprint density at radius 2 is 2.00 bits per heavy atom. The molecule has 2 atom stereocenters. The van der Waals surface area contributed by atoms with Gasteiger partial charge in [0.05, 0.1) is 0 Å². The molecule has 2 unspecified atom stereocenters. The first-order valence-electron chi connectivity index (χ1n) is 5.52. The van der Waals surface area contributed by atoms with Crippen LogP contribution in [0.4, 0.5) is 0 Å². The Morgan fingerprint density at radius 3 is 2.50 bits per heavy atom. The van der Waals surface area contributed by atoms with Crippen molar-refractivity contribution in [3.05, 3.63) is 0 Å². The fourth-order valence-electron chi connectivity index (χ4n) is 3.49. The third-order valence-electron chi connectivity index (χ3n) is 4.36. The molecule has 1 heterocycles. The van der Waals surface area contributed by atoms with Crippen LogP contribution < -0.4 is 0 Å². The van der Waals surface area contributed by atoms with Crippen LogP contribution in [0.15, 0.2) is 0 Å². The molecule has 1 nitrogen and oxygen atoms in total. The Morgan fingerprint density at radius 1 is 1.25 bits per heavy atom. The number of rotatable bonds is 2. The average molecular weight is 165 g/mol. The maximum Gasteiger partial charge on any atom is 0.0268 e. The van der Waals surface area contributed by atoms with Crippen LogP contribution in [0.25, 0.3) is 0 Å². The minimum absolute atomic E-state index is 0.696. The highest BCUT2D eigenvalue weighted by molar-refractivity contribution is 5.19. The van der Waals surface area contributed by atoms with Crippen LogP contribution in [-0.2, 0) is 0 Å². The zero-order valence-electron chi connectivity index (χ0n) is 8.21. The van der Waals surface area contributed by atoms with E-state index in [1.54, 1.807) is 0 Å². The van der Waals surface area contributed by atoms with E-state index >= 15 is 0 Å². The molecule has 0 spiro atoms. The number of nitrogens with zero attached hydrogens (tertiary/aromatic N) is 1. The van der Waals surface area contributed by atoms with Crippen molar-refractivity contribution in [3.8, 4) is 0 Å². The molecule has 0 aromatic carbocycles. The SMILES string of the molecule is CC(C)C12CC1CCN2C1CC1. The van der Waals surface area contributed by atoms with E-state index in [1.165, 1.54) is 32.2 Å². The van der Waals surface area contributed by atoms with Gasteiger partial charge in [-0.3, -0.25) is 4.90 Å². The lowest BCUT2D eigenvalue weighted by molar-refractivity contribution is 0.153. The molecule has 0 aromatic heterocycles. The van der Waals surface area contributed by atoms with Gasteiger partial charge in [-0.25, -0.2) is 0 Å². The summed E-state index contributed by atoms with van der Waals surface area (Å²) >= 11 is 0. The highest BCUT2D eigenvalue weighted by Crippen LogP contribution is 2.62. The summed E-state index contributed by atoms with van der Waals surface area (Å²) in [7, 11) is 0. The van der Waals surface area contributed by atoms with Crippen molar-refractivity contribution < 1.29 is 0 Å². The molecule has 2 aliphatic carbocycles. The first kappa shape index (κ1) is 7.37. The number of fused-ring (bicyclic) bond motifs is 1. The quantitative estimate of drug-likeness (QED) is 0.606. The second kappa shape index (κ2) is 2.06. The molecule has 3 rings (SSSR count). The zero-order chi connectivity index (χ0) is 8.34. The predicted molar refractivity (Wildman–Crippen MR) is 50.0 cm³/mol. The minimum atomic E-state index is 0.696. The number of piperidine rings is 1. The molecule has 0 N–H and O–H groups in total.